The summed E-state index contributed by atoms with van der Waals surface area (Å²) in [4.78, 5) is 2.29. The Balaban J connectivity index is 1.97. The van der Waals surface area contributed by atoms with Crippen molar-refractivity contribution in [3.63, 3.8) is 0 Å². The number of hydrogen-bond donors (Lipinski definition) is 1. The first-order chi connectivity index (χ1) is 8.22. The second-order valence-electron chi connectivity index (χ2n) is 4.91. The monoisotopic (exact) mass is 229 g/mol. The average molecular weight is 229 g/mol. The van der Waals surface area contributed by atoms with Crippen molar-refractivity contribution in [3.05, 3.63) is 35.9 Å². The first kappa shape index (κ1) is 12.2. The van der Waals surface area contributed by atoms with Crippen LogP contribution >= 0.6 is 0 Å². The highest BCUT2D eigenvalue weighted by molar-refractivity contribution is 5.14. The minimum Gasteiger partial charge on any atom is -0.388 e. The fraction of sp³-hybridized carbons (Fsp3) is 0.467. The third kappa shape index (κ3) is 3.33. The lowest BCUT2D eigenvalue weighted by atomic mass is 9.90. The summed E-state index contributed by atoms with van der Waals surface area (Å²) in [6, 6.07) is 10.4. The summed E-state index contributed by atoms with van der Waals surface area (Å²) >= 11 is 0. The lowest BCUT2D eigenvalue weighted by Gasteiger charge is -2.38. The Morgan fingerprint density at radius 3 is 2.82 bits per heavy atom. The van der Waals surface area contributed by atoms with E-state index in [0.717, 1.165) is 25.9 Å². The van der Waals surface area contributed by atoms with E-state index in [0.29, 0.717) is 13.0 Å². The number of hydrogen-bond acceptors (Lipinski definition) is 2. The topological polar surface area (TPSA) is 23.5 Å². The number of terminal acetylenes is 1. The van der Waals surface area contributed by atoms with Crippen molar-refractivity contribution in [1.29, 1.82) is 0 Å². The molecule has 0 aromatic heterocycles. The summed E-state index contributed by atoms with van der Waals surface area (Å²) in [6.45, 7) is 2.63. The maximum Gasteiger partial charge on any atom is 0.0883 e. The Kier molecular flexibility index (Phi) is 3.83. The summed E-state index contributed by atoms with van der Waals surface area (Å²) in [7, 11) is 0. The van der Waals surface area contributed by atoms with Gasteiger partial charge in [0.25, 0.3) is 0 Å². The Bertz CT molecular complexity index is 395. The fourth-order valence-corrected chi connectivity index (χ4v) is 2.52. The normalized spacial score (nSPS) is 25.4. The molecule has 1 atom stereocenters. The van der Waals surface area contributed by atoms with Crippen molar-refractivity contribution in [2.24, 2.45) is 0 Å². The molecule has 90 valence electrons. The predicted molar refractivity (Wildman–Crippen MR) is 69.4 cm³/mol. The Morgan fingerprint density at radius 1 is 1.35 bits per heavy atom. The molecule has 0 radical (unpaired) electrons. The van der Waals surface area contributed by atoms with E-state index >= 15 is 0 Å². The highest BCUT2D eigenvalue weighted by Gasteiger charge is 2.32. The van der Waals surface area contributed by atoms with Gasteiger partial charge in [0.2, 0.25) is 0 Å². The molecule has 1 aliphatic heterocycles. The summed E-state index contributed by atoms with van der Waals surface area (Å²) < 4.78 is 0. The van der Waals surface area contributed by atoms with E-state index in [1.807, 2.05) is 18.2 Å². The molecule has 1 aromatic carbocycles. The molecule has 2 heteroatoms. The Morgan fingerprint density at radius 2 is 2.12 bits per heavy atom. The summed E-state index contributed by atoms with van der Waals surface area (Å²) in [5, 5.41) is 10.3. The quantitative estimate of drug-likeness (QED) is 0.802. The minimum atomic E-state index is -0.679. The van der Waals surface area contributed by atoms with Crippen LogP contribution in [0, 0.1) is 12.3 Å². The molecule has 0 aliphatic carbocycles. The van der Waals surface area contributed by atoms with Gasteiger partial charge in [0.1, 0.15) is 0 Å². The number of benzene rings is 1. The number of likely N-dealkylation sites (tertiary alicyclic amines) is 1. The molecule has 0 saturated carbocycles. The second kappa shape index (κ2) is 5.35. The molecule has 1 unspecified atom stereocenters. The van der Waals surface area contributed by atoms with Crippen LogP contribution in [0.4, 0.5) is 0 Å². The van der Waals surface area contributed by atoms with Crippen LogP contribution in [0.25, 0.3) is 0 Å². The summed E-state index contributed by atoms with van der Waals surface area (Å²) in [6.07, 6.45) is 7.61. The Labute approximate surface area is 103 Å². The van der Waals surface area contributed by atoms with E-state index < -0.39 is 5.60 Å². The third-order valence-corrected chi connectivity index (χ3v) is 3.31. The third-order valence-electron chi connectivity index (χ3n) is 3.31. The number of aliphatic hydroxyl groups is 1. The van der Waals surface area contributed by atoms with Gasteiger partial charge in [0, 0.05) is 19.5 Å². The van der Waals surface area contributed by atoms with Crippen LogP contribution in [0.5, 0.6) is 0 Å². The first-order valence-electron chi connectivity index (χ1n) is 6.14. The van der Waals surface area contributed by atoms with E-state index in [9.17, 15) is 5.11 Å². The number of nitrogens with zero attached hydrogens (tertiary/aromatic N) is 1. The zero-order valence-corrected chi connectivity index (χ0v) is 10.1. The first-order valence-corrected chi connectivity index (χ1v) is 6.14. The lowest BCUT2D eigenvalue weighted by Crippen LogP contribution is -2.47. The van der Waals surface area contributed by atoms with Gasteiger partial charge in [-0.15, -0.1) is 12.3 Å². The highest BCUT2D eigenvalue weighted by atomic mass is 16.3. The van der Waals surface area contributed by atoms with E-state index in [2.05, 4.69) is 23.0 Å². The molecule has 1 aromatic rings. The average Bonchev–Trinajstić information content (AvgIpc) is 2.30. The molecule has 0 bridgehead atoms. The van der Waals surface area contributed by atoms with E-state index in [1.165, 1.54) is 5.56 Å². The molecular formula is C15H19NO. The van der Waals surface area contributed by atoms with Crippen LogP contribution in [-0.2, 0) is 6.54 Å². The molecule has 0 spiro atoms. The predicted octanol–water partition coefficient (Wildman–Crippen LogP) is 2.04. The Hall–Kier alpha value is -1.30. The van der Waals surface area contributed by atoms with Gasteiger partial charge in [-0.05, 0) is 24.9 Å². The van der Waals surface area contributed by atoms with Crippen LogP contribution in [0.3, 0.4) is 0 Å². The van der Waals surface area contributed by atoms with Gasteiger partial charge in [0.05, 0.1) is 5.60 Å². The van der Waals surface area contributed by atoms with Gasteiger partial charge < -0.3 is 5.11 Å². The number of piperidine rings is 1. The zero-order valence-electron chi connectivity index (χ0n) is 10.1. The summed E-state index contributed by atoms with van der Waals surface area (Å²) in [5.41, 5.74) is 0.611. The van der Waals surface area contributed by atoms with Gasteiger partial charge >= 0.3 is 0 Å². The van der Waals surface area contributed by atoms with Crippen LogP contribution in [0.15, 0.2) is 30.3 Å². The van der Waals surface area contributed by atoms with Crippen LogP contribution in [0.2, 0.25) is 0 Å². The molecule has 1 N–H and O–H groups in total. The van der Waals surface area contributed by atoms with Gasteiger partial charge in [0.15, 0.2) is 0 Å². The van der Waals surface area contributed by atoms with Gasteiger partial charge in [-0.25, -0.2) is 0 Å². The van der Waals surface area contributed by atoms with Crippen molar-refractivity contribution in [2.45, 2.75) is 31.4 Å². The maximum atomic E-state index is 10.3. The largest absolute Gasteiger partial charge is 0.388 e. The zero-order chi connectivity index (χ0) is 12.1. The van der Waals surface area contributed by atoms with Gasteiger partial charge in [-0.1, -0.05) is 30.3 Å². The smallest absolute Gasteiger partial charge is 0.0883 e. The van der Waals surface area contributed by atoms with E-state index in [4.69, 9.17) is 6.42 Å². The minimum absolute atomic E-state index is 0.457. The molecular weight excluding hydrogens is 210 g/mol. The summed E-state index contributed by atoms with van der Waals surface area (Å²) in [5.74, 6) is 2.59. The maximum absolute atomic E-state index is 10.3. The van der Waals surface area contributed by atoms with Crippen LogP contribution in [0.1, 0.15) is 24.8 Å². The molecule has 2 nitrogen and oxygen atoms in total. The molecule has 1 heterocycles. The van der Waals surface area contributed by atoms with Crippen molar-refractivity contribution in [2.75, 3.05) is 13.1 Å². The van der Waals surface area contributed by atoms with Gasteiger partial charge in [-0.3, -0.25) is 4.90 Å². The van der Waals surface area contributed by atoms with Crippen LogP contribution < -0.4 is 0 Å². The molecule has 0 amide bonds. The molecule has 1 fully saturated rings. The molecule has 2 rings (SSSR count). The number of rotatable bonds is 3. The highest BCUT2D eigenvalue weighted by Crippen LogP contribution is 2.25. The van der Waals surface area contributed by atoms with Crippen molar-refractivity contribution < 1.29 is 5.11 Å². The van der Waals surface area contributed by atoms with Crippen molar-refractivity contribution in [1.82, 2.24) is 4.90 Å². The standard InChI is InChI=1S/C15H19NO/c1-2-9-15(17)10-6-11-16(13-15)12-14-7-4-3-5-8-14/h1,3-5,7-8,17H,6,9-13H2. The molecule has 1 aliphatic rings. The van der Waals surface area contributed by atoms with Crippen molar-refractivity contribution >= 4 is 0 Å². The van der Waals surface area contributed by atoms with E-state index in [-0.39, 0.29) is 0 Å². The second-order valence-corrected chi connectivity index (χ2v) is 4.91. The van der Waals surface area contributed by atoms with Crippen molar-refractivity contribution in [3.8, 4) is 12.3 Å². The lowest BCUT2D eigenvalue weighted by molar-refractivity contribution is -0.0291. The van der Waals surface area contributed by atoms with Gasteiger partial charge in [-0.2, -0.15) is 0 Å². The fourth-order valence-electron chi connectivity index (χ4n) is 2.52. The van der Waals surface area contributed by atoms with E-state index in [1.54, 1.807) is 0 Å². The molecule has 17 heavy (non-hydrogen) atoms. The van der Waals surface area contributed by atoms with Crippen LogP contribution in [-0.4, -0.2) is 28.7 Å². The molecule has 1 saturated heterocycles. The number of β-amino-alcohol motifs (C(OH)–C–C–N with tert-alkyl or cyclic N) is 1. The SMILES string of the molecule is C#CCC1(O)CCCN(Cc2ccccc2)C1.